The van der Waals surface area contributed by atoms with E-state index in [1.807, 2.05) is 6.92 Å². The lowest BCUT2D eigenvalue weighted by molar-refractivity contribution is 0.459. The molecule has 102 valence electrons. The van der Waals surface area contributed by atoms with Crippen molar-refractivity contribution in [2.75, 3.05) is 19.3 Å². The van der Waals surface area contributed by atoms with Crippen molar-refractivity contribution in [3.63, 3.8) is 0 Å². The van der Waals surface area contributed by atoms with Gasteiger partial charge in [0.25, 0.3) is 0 Å². The molecule has 0 saturated heterocycles. The summed E-state index contributed by atoms with van der Waals surface area (Å²) in [4.78, 5) is 0.103. The zero-order valence-electron chi connectivity index (χ0n) is 10.3. The number of sulfonamides is 1. The highest BCUT2D eigenvalue weighted by atomic mass is 79.9. The number of hydrogen-bond donors (Lipinski definition) is 1. The van der Waals surface area contributed by atoms with Gasteiger partial charge in [0.2, 0.25) is 10.0 Å². The second-order valence-electron chi connectivity index (χ2n) is 3.99. The van der Waals surface area contributed by atoms with Crippen molar-refractivity contribution in [3.05, 3.63) is 21.6 Å². The van der Waals surface area contributed by atoms with E-state index < -0.39 is 10.0 Å². The van der Waals surface area contributed by atoms with Crippen LogP contribution in [0.25, 0.3) is 0 Å². The minimum atomic E-state index is -3.56. The molecule has 0 atom stereocenters. The van der Waals surface area contributed by atoms with Gasteiger partial charge in [-0.2, -0.15) is 0 Å². The average molecular weight is 356 g/mol. The maximum atomic E-state index is 12.3. The Morgan fingerprint density at radius 1 is 1.44 bits per heavy atom. The van der Waals surface area contributed by atoms with Crippen molar-refractivity contribution in [1.29, 1.82) is 0 Å². The Kier molecular flexibility index (Phi) is 5.46. The molecule has 0 saturated carbocycles. The Balaban J connectivity index is 3.20. The molecule has 0 bridgehead atoms. The van der Waals surface area contributed by atoms with E-state index in [-0.39, 0.29) is 4.90 Å². The minimum Gasteiger partial charge on any atom is -0.398 e. The number of rotatable bonds is 5. The van der Waals surface area contributed by atoms with Gasteiger partial charge in [0.05, 0.1) is 9.37 Å². The van der Waals surface area contributed by atoms with Gasteiger partial charge >= 0.3 is 0 Å². The molecule has 1 aromatic carbocycles. The molecule has 4 nitrogen and oxygen atoms in total. The van der Waals surface area contributed by atoms with E-state index in [9.17, 15) is 8.42 Å². The van der Waals surface area contributed by atoms with Crippen LogP contribution in [0.2, 0.25) is 5.02 Å². The summed E-state index contributed by atoms with van der Waals surface area (Å²) in [5, 5.41) is 0.304. The summed E-state index contributed by atoms with van der Waals surface area (Å²) < 4.78 is 26.4. The van der Waals surface area contributed by atoms with Crippen molar-refractivity contribution in [1.82, 2.24) is 4.31 Å². The number of unbranched alkanes of at least 4 members (excludes halogenated alkanes) is 1. The van der Waals surface area contributed by atoms with Crippen LogP contribution >= 0.6 is 27.5 Å². The molecule has 0 heterocycles. The lowest BCUT2D eigenvalue weighted by Gasteiger charge is -2.18. The monoisotopic (exact) mass is 354 g/mol. The molecular formula is C11H16BrClN2O2S. The van der Waals surface area contributed by atoms with Crippen LogP contribution in [0.15, 0.2) is 21.5 Å². The van der Waals surface area contributed by atoms with Crippen LogP contribution in [0.3, 0.4) is 0 Å². The quantitative estimate of drug-likeness (QED) is 0.825. The van der Waals surface area contributed by atoms with Crippen molar-refractivity contribution < 1.29 is 8.42 Å². The molecular weight excluding hydrogens is 340 g/mol. The van der Waals surface area contributed by atoms with E-state index >= 15 is 0 Å². The van der Waals surface area contributed by atoms with Crippen LogP contribution in [0.1, 0.15) is 19.8 Å². The molecule has 1 rings (SSSR count). The second-order valence-corrected chi connectivity index (χ2v) is 7.23. The SMILES string of the molecule is CCCCN(C)S(=O)(=O)c1cc(Cl)cc(N)c1Br. The lowest BCUT2D eigenvalue weighted by atomic mass is 10.3. The summed E-state index contributed by atoms with van der Waals surface area (Å²) in [7, 11) is -2.01. The van der Waals surface area contributed by atoms with Crippen molar-refractivity contribution in [2.45, 2.75) is 24.7 Å². The van der Waals surface area contributed by atoms with Gasteiger partial charge in [0.15, 0.2) is 0 Å². The maximum Gasteiger partial charge on any atom is 0.244 e. The molecule has 7 heteroatoms. The fraction of sp³-hybridized carbons (Fsp3) is 0.455. The van der Waals surface area contributed by atoms with Gasteiger partial charge in [-0.25, -0.2) is 12.7 Å². The molecule has 0 spiro atoms. The van der Waals surface area contributed by atoms with Crippen molar-refractivity contribution >= 4 is 43.2 Å². The zero-order valence-corrected chi connectivity index (χ0v) is 13.4. The Morgan fingerprint density at radius 3 is 2.61 bits per heavy atom. The van der Waals surface area contributed by atoms with Gasteiger partial charge in [0, 0.05) is 24.3 Å². The normalized spacial score (nSPS) is 12.1. The van der Waals surface area contributed by atoms with Crippen LogP contribution in [-0.2, 0) is 10.0 Å². The number of nitrogens with zero attached hydrogens (tertiary/aromatic N) is 1. The van der Waals surface area contributed by atoms with E-state index in [0.717, 1.165) is 12.8 Å². The molecule has 0 amide bonds. The van der Waals surface area contributed by atoms with E-state index in [4.69, 9.17) is 17.3 Å². The maximum absolute atomic E-state index is 12.3. The van der Waals surface area contributed by atoms with E-state index in [0.29, 0.717) is 21.7 Å². The Labute approximate surface area is 121 Å². The van der Waals surface area contributed by atoms with Crippen LogP contribution in [0.4, 0.5) is 5.69 Å². The molecule has 0 unspecified atom stereocenters. The first-order valence-electron chi connectivity index (χ1n) is 5.51. The van der Waals surface area contributed by atoms with Crippen LogP contribution < -0.4 is 5.73 Å². The summed E-state index contributed by atoms with van der Waals surface area (Å²) in [6.07, 6.45) is 1.74. The van der Waals surface area contributed by atoms with Gasteiger partial charge in [-0.3, -0.25) is 0 Å². The van der Waals surface area contributed by atoms with Gasteiger partial charge in [0.1, 0.15) is 0 Å². The summed E-state index contributed by atoms with van der Waals surface area (Å²) in [5.74, 6) is 0. The van der Waals surface area contributed by atoms with Crippen LogP contribution in [0.5, 0.6) is 0 Å². The van der Waals surface area contributed by atoms with Gasteiger partial charge < -0.3 is 5.73 Å². The van der Waals surface area contributed by atoms with Gasteiger partial charge in [-0.1, -0.05) is 24.9 Å². The Bertz CT molecular complexity index is 534. The molecule has 0 aromatic heterocycles. The molecule has 0 aliphatic heterocycles. The van der Waals surface area contributed by atoms with Crippen molar-refractivity contribution in [3.8, 4) is 0 Å². The number of nitrogens with two attached hydrogens (primary N) is 1. The second kappa shape index (κ2) is 6.23. The highest BCUT2D eigenvalue weighted by Gasteiger charge is 2.24. The highest BCUT2D eigenvalue weighted by molar-refractivity contribution is 9.10. The Hall–Kier alpha value is -0.300. The third-order valence-corrected chi connectivity index (χ3v) is 5.79. The third kappa shape index (κ3) is 3.38. The average Bonchev–Trinajstić information content (AvgIpc) is 2.30. The molecule has 18 heavy (non-hydrogen) atoms. The standard InChI is InChI=1S/C11H16BrClN2O2S/c1-3-4-5-15(2)18(16,17)10-7-8(13)6-9(14)11(10)12/h6-7H,3-5,14H2,1-2H3. The number of hydrogen-bond acceptors (Lipinski definition) is 3. The molecule has 2 N–H and O–H groups in total. The lowest BCUT2D eigenvalue weighted by Crippen LogP contribution is -2.28. The van der Waals surface area contributed by atoms with Crippen molar-refractivity contribution in [2.24, 2.45) is 0 Å². The third-order valence-electron chi connectivity index (χ3n) is 2.55. The first-order valence-corrected chi connectivity index (χ1v) is 8.12. The fourth-order valence-corrected chi connectivity index (χ4v) is 3.90. The molecule has 1 aromatic rings. The molecule has 0 aliphatic carbocycles. The topological polar surface area (TPSA) is 63.4 Å². The fourth-order valence-electron chi connectivity index (χ4n) is 1.44. The predicted molar refractivity (Wildman–Crippen MR) is 78.3 cm³/mol. The molecule has 0 fully saturated rings. The number of halogens is 2. The molecule has 0 aliphatic rings. The van der Waals surface area contributed by atoms with E-state index in [1.165, 1.54) is 16.4 Å². The van der Waals surface area contributed by atoms with Gasteiger partial charge in [-0.05, 0) is 34.5 Å². The molecule has 0 radical (unpaired) electrons. The summed E-state index contributed by atoms with van der Waals surface area (Å²) in [6.45, 7) is 2.48. The first kappa shape index (κ1) is 15.8. The summed E-state index contributed by atoms with van der Waals surface area (Å²) in [6, 6.07) is 2.91. The highest BCUT2D eigenvalue weighted by Crippen LogP contribution is 2.32. The number of benzene rings is 1. The summed E-state index contributed by atoms with van der Waals surface area (Å²) >= 11 is 9.05. The predicted octanol–water partition coefficient (Wildman–Crippen LogP) is 3.11. The minimum absolute atomic E-state index is 0.103. The Morgan fingerprint density at radius 2 is 2.06 bits per heavy atom. The number of anilines is 1. The van der Waals surface area contributed by atoms with E-state index in [2.05, 4.69) is 15.9 Å². The van der Waals surface area contributed by atoms with Gasteiger partial charge in [-0.15, -0.1) is 0 Å². The van der Waals surface area contributed by atoms with E-state index in [1.54, 1.807) is 7.05 Å². The zero-order chi connectivity index (χ0) is 13.9. The first-order chi connectivity index (χ1) is 8.30. The smallest absolute Gasteiger partial charge is 0.244 e. The van der Waals surface area contributed by atoms with Crippen LogP contribution in [0, 0.1) is 0 Å². The van der Waals surface area contributed by atoms with Crippen LogP contribution in [-0.4, -0.2) is 26.3 Å². The summed E-state index contributed by atoms with van der Waals surface area (Å²) in [5.41, 5.74) is 6.01. The largest absolute Gasteiger partial charge is 0.398 e. The number of nitrogen functional groups attached to an aromatic ring is 1.